The number of aromatic nitrogens is 6. The van der Waals surface area contributed by atoms with Crippen LogP contribution in [0.25, 0.3) is 5.95 Å². The van der Waals surface area contributed by atoms with Crippen LogP contribution in [0, 0.1) is 5.82 Å². The summed E-state index contributed by atoms with van der Waals surface area (Å²) in [6.07, 6.45) is 2.75. The first-order chi connectivity index (χ1) is 9.70. The van der Waals surface area contributed by atoms with Gasteiger partial charge < -0.3 is 10.5 Å². The second kappa shape index (κ2) is 4.88. The lowest BCUT2D eigenvalue weighted by Gasteiger charge is -2.05. The molecule has 100 valence electrons. The SMILES string of the molecule is Nc1nc(Oc2ccc(F)cc2)nc(-n2cncn2)n1. The molecule has 0 fully saturated rings. The Morgan fingerprint density at radius 1 is 1.10 bits per heavy atom. The van der Waals surface area contributed by atoms with Gasteiger partial charge in [-0.25, -0.2) is 9.37 Å². The third-order valence-corrected chi connectivity index (χ3v) is 2.27. The van der Waals surface area contributed by atoms with Crippen molar-refractivity contribution in [1.29, 1.82) is 0 Å². The minimum Gasteiger partial charge on any atom is -0.424 e. The van der Waals surface area contributed by atoms with E-state index in [0.717, 1.165) is 0 Å². The molecule has 2 N–H and O–H groups in total. The van der Waals surface area contributed by atoms with Crippen molar-refractivity contribution in [3.8, 4) is 17.7 Å². The van der Waals surface area contributed by atoms with Crippen LogP contribution in [0.4, 0.5) is 10.3 Å². The Balaban J connectivity index is 1.92. The number of ether oxygens (including phenoxy) is 1. The van der Waals surface area contributed by atoms with Gasteiger partial charge in [0, 0.05) is 0 Å². The Kier molecular flexibility index (Phi) is 2.92. The zero-order valence-corrected chi connectivity index (χ0v) is 10.0. The van der Waals surface area contributed by atoms with Gasteiger partial charge in [-0.05, 0) is 24.3 Å². The standard InChI is InChI=1S/C11H8FN7O/c12-7-1-3-8(4-2-7)20-11-17-9(13)16-10(18-11)19-6-14-5-15-19/h1-6H,(H2,13,16,17,18). The van der Waals surface area contributed by atoms with Crippen LogP contribution < -0.4 is 10.5 Å². The second-order valence-corrected chi connectivity index (χ2v) is 3.67. The van der Waals surface area contributed by atoms with Crippen LogP contribution in [0.1, 0.15) is 0 Å². The molecule has 2 aromatic heterocycles. The highest BCUT2D eigenvalue weighted by molar-refractivity contribution is 5.29. The molecule has 8 nitrogen and oxygen atoms in total. The third kappa shape index (κ3) is 2.51. The van der Waals surface area contributed by atoms with Crippen LogP contribution in [0.5, 0.6) is 11.8 Å². The predicted octanol–water partition coefficient (Wildman–Crippen LogP) is 0.966. The molecule has 0 aliphatic carbocycles. The minimum atomic E-state index is -0.365. The van der Waals surface area contributed by atoms with Gasteiger partial charge in [-0.2, -0.15) is 24.7 Å². The average molecular weight is 273 g/mol. The topological polar surface area (TPSA) is 105 Å². The smallest absolute Gasteiger partial charge is 0.328 e. The van der Waals surface area contributed by atoms with Crippen LogP contribution in [0.15, 0.2) is 36.9 Å². The van der Waals surface area contributed by atoms with E-state index in [1.807, 2.05) is 0 Å². The first kappa shape index (κ1) is 12.0. The quantitative estimate of drug-likeness (QED) is 0.757. The van der Waals surface area contributed by atoms with Crippen molar-refractivity contribution >= 4 is 5.95 Å². The number of halogens is 1. The number of nitrogens with zero attached hydrogens (tertiary/aromatic N) is 6. The van der Waals surface area contributed by atoms with E-state index in [-0.39, 0.29) is 23.7 Å². The summed E-state index contributed by atoms with van der Waals surface area (Å²) in [4.78, 5) is 15.6. The van der Waals surface area contributed by atoms with Crippen molar-refractivity contribution in [3.05, 3.63) is 42.7 Å². The second-order valence-electron chi connectivity index (χ2n) is 3.67. The monoisotopic (exact) mass is 273 g/mol. The maximum Gasteiger partial charge on any atom is 0.328 e. The maximum absolute atomic E-state index is 12.8. The molecular formula is C11H8FN7O. The van der Waals surface area contributed by atoms with Gasteiger partial charge in [0.15, 0.2) is 0 Å². The van der Waals surface area contributed by atoms with Crippen LogP contribution in [0.2, 0.25) is 0 Å². The molecular weight excluding hydrogens is 265 g/mol. The van der Waals surface area contributed by atoms with Crippen molar-refractivity contribution in [2.45, 2.75) is 0 Å². The summed E-state index contributed by atoms with van der Waals surface area (Å²) in [5.41, 5.74) is 5.58. The van der Waals surface area contributed by atoms with E-state index in [4.69, 9.17) is 10.5 Å². The fraction of sp³-hybridized carbons (Fsp3) is 0. The average Bonchev–Trinajstić information content (AvgIpc) is 2.95. The van der Waals surface area contributed by atoms with Gasteiger partial charge >= 0.3 is 6.01 Å². The number of anilines is 1. The van der Waals surface area contributed by atoms with Gasteiger partial charge in [0.05, 0.1) is 0 Å². The molecule has 0 aliphatic rings. The van der Waals surface area contributed by atoms with Crippen LogP contribution in [-0.2, 0) is 0 Å². The first-order valence-corrected chi connectivity index (χ1v) is 5.51. The molecule has 3 aromatic rings. The molecule has 0 radical (unpaired) electrons. The van der Waals surface area contributed by atoms with Gasteiger partial charge in [-0.1, -0.05) is 0 Å². The summed E-state index contributed by atoms with van der Waals surface area (Å²) in [5.74, 6) is 0.159. The van der Waals surface area contributed by atoms with Crippen LogP contribution in [-0.4, -0.2) is 29.7 Å². The highest BCUT2D eigenvalue weighted by atomic mass is 19.1. The zero-order chi connectivity index (χ0) is 13.9. The summed E-state index contributed by atoms with van der Waals surface area (Å²) < 4.78 is 19.5. The minimum absolute atomic E-state index is 0.0189. The van der Waals surface area contributed by atoms with Crippen LogP contribution >= 0.6 is 0 Å². The molecule has 0 atom stereocenters. The van der Waals surface area contributed by atoms with E-state index >= 15 is 0 Å². The lowest BCUT2D eigenvalue weighted by molar-refractivity contribution is 0.437. The molecule has 9 heteroatoms. The normalized spacial score (nSPS) is 10.4. The molecule has 0 amide bonds. The van der Waals surface area contributed by atoms with Gasteiger partial charge in [0.1, 0.15) is 24.2 Å². The number of benzene rings is 1. The highest BCUT2D eigenvalue weighted by Crippen LogP contribution is 2.18. The van der Waals surface area contributed by atoms with Crippen molar-refractivity contribution in [2.75, 3.05) is 5.73 Å². The molecule has 3 rings (SSSR count). The molecule has 0 aliphatic heterocycles. The number of rotatable bonds is 3. The van der Waals surface area contributed by atoms with Gasteiger partial charge in [-0.3, -0.25) is 0 Å². The van der Waals surface area contributed by atoms with Gasteiger partial charge in [0.25, 0.3) is 5.95 Å². The fourth-order valence-corrected chi connectivity index (χ4v) is 1.43. The molecule has 0 saturated heterocycles. The summed E-state index contributed by atoms with van der Waals surface area (Å²) in [5, 5.41) is 3.88. The van der Waals surface area contributed by atoms with E-state index in [0.29, 0.717) is 5.75 Å². The molecule has 2 heterocycles. The lowest BCUT2D eigenvalue weighted by atomic mass is 10.3. The summed E-state index contributed by atoms with van der Waals surface area (Å²) in [6, 6.07) is 5.40. The molecule has 20 heavy (non-hydrogen) atoms. The largest absolute Gasteiger partial charge is 0.424 e. The molecule has 0 saturated carbocycles. The van der Waals surface area contributed by atoms with Crippen molar-refractivity contribution < 1.29 is 9.13 Å². The Labute approximate surface area is 112 Å². The number of hydrogen-bond acceptors (Lipinski definition) is 7. The van der Waals surface area contributed by atoms with E-state index in [1.54, 1.807) is 0 Å². The zero-order valence-electron chi connectivity index (χ0n) is 10.0. The lowest BCUT2D eigenvalue weighted by Crippen LogP contribution is -2.07. The Morgan fingerprint density at radius 2 is 1.90 bits per heavy atom. The Bertz CT molecular complexity index is 714. The van der Waals surface area contributed by atoms with Crippen LogP contribution in [0.3, 0.4) is 0 Å². The summed E-state index contributed by atoms with van der Waals surface area (Å²) >= 11 is 0. The molecule has 0 unspecified atom stereocenters. The van der Waals surface area contributed by atoms with Crippen molar-refractivity contribution in [3.63, 3.8) is 0 Å². The van der Waals surface area contributed by atoms with E-state index in [2.05, 4.69) is 25.0 Å². The van der Waals surface area contributed by atoms with Crippen molar-refractivity contribution in [2.24, 2.45) is 0 Å². The first-order valence-electron chi connectivity index (χ1n) is 5.51. The Morgan fingerprint density at radius 3 is 2.60 bits per heavy atom. The number of nitrogens with two attached hydrogens (primary N) is 1. The van der Waals surface area contributed by atoms with Crippen molar-refractivity contribution in [1.82, 2.24) is 29.7 Å². The number of nitrogen functional groups attached to an aromatic ring is 1. The number of hydrogen-bond donors (Lipinski definition) is 1. The van der Waals surface area contributed by atoms with E-state index < -0.39 is 0 Å². The summed E-state index contributed by atoms with van der Waals surface area (Å²) in [6.45, 7) is 0. The fourth-order valence-electron chi connectivity index (χ4n) is 1.43. The third-order valence-electron chi connectivity index (χ3n) is 2.27. The Hall–Kier alpha value is -3.10. The van der Waals surface area contributed by atoms with Gasteiger partial charge in [-0.15, -0.1) is 0 Å². The predicted molar refractivity (Wildman–Crippen MR) is 65.6 cm³/mol. The van der Waals surface area contributed by atoms with E-state index in [1.165, 1.54) is 41.6 Å². The molecule has 1 aromatic carbocycles. The molecule has 0 bridgehead atoms. The van der Waals surface area contributed by atoms with Gasteiger partial charge in [0.2, 0.25) is 5.95 Å². The summed E-state index contributed by atoms with van der Waals surface area (Å²) in [7, 11) is 0. The molecule has 0 spiro atoms. The van der Waals surface area contributed by atoms with E-state index in [9.17, 15) is 4.39 Å². The highest BCUT2D eigenvalue weighted by Gasteiger charge is 2.09. The maximum atomic E-state index is 12.8.